The minimum absolute atomic E-state index is 0.0673. The zero-order valence-corrected chi connectivity index (χ0v) is 13.7. The molecule has 0 N–H and O–H groups in total. The molecule has 2 saturated heterocycles. The molecule has 7 heteroatoms. The lowest BCUT2D eigenvalue weighted by molar-refractivity contribution is -0.0871. The molecule has 2 aliphatic rings. The van der Waals surface area contributed by atoms with Crippen LogP contribution in [0.4, 0.5) is 0 Å². The molecule has 4 heterocycles. The zero-order chi connectivity index (χ0) is 16.0. The quantitative estimate of drug-likeness (QED) is 0.793. The normalized spacial score (nSPS) is 25.6. The summed E-state index contributed by atoms with van der Waals surface area (Å²) in [5, 5.41) is 0.258. The number of rotatable bonds is 1. The number of halogens is 1. The highest BCUT2D eigenvalue weighted by Crippen LogP contribution is 2.26. The number of ether oxygens (including phenoxy) is 1. The number of morpholine rings is 1. The number of carbonyl (C=O) groups excluding carboxylic acids is 1. The molecule has 2 fully saturated rings. The van der Waals surface area contributed by atoms with Crippen LogP contribution in [0.5, 0.6) is 0 Å². The molecule has 1 amide bonds. The van der Waals surface area contributed by atoms with Gasteiger partial charge in [-0.1, -0.05) is 17.7 Å². The van der Waals surface area contributed by atoms with E-state index < -0.39 is 0 Å². The third kappa shape index (κ3) is 2.51. The molecule has 122 valence electrons. The molecule has 2 aromatic heterocycles. The van der Waals surface area contributed by atoms with Gasteiger partial charge in [0.15, 0.2) is 10.8 Å². The van der Waals surface area contributed by atoms with E-state index in [1.807, 2.05) is 29.3 Å². The molecule has 0 unspecified atom stereocenters. The highest BCUT2D eigenvalue weighted by molar-refractivity contribution is 6.32. The summed E-state index contributed by atoms with van der Waals surface area (Å²) < 4.78 is 7.64. The first-order chi connectivity index (χ1) is 11.1. The van der Waals surface area contributed by atoms with Crippen LogP contribution in [0.3, 0.4) is 0 Å². The van der Waals surface area contributed by atoms with E-state index in [1.54, 1.807) is 4.40 Å². The molecule has 0 radical (unpaired) electrons. The number of amides is 1. The van der Waals surface area contributed by atoms with E-state index in [4.69, 9.17) is 16.3 Å². The number of imidazole rings is 1. The lowest BCUT2D eigenvalue weighted by atomic mass is 9.99. The Morgan fingerprint density at radius 1 is 1.39 bits per heavy atom. The Hall–Kier alpha value is -1.63. The molecular formula is C16H19ClN4O2. The van der Waals surface area contributed by atoms with Gasteiger partial charge in [0.1, 0.15) is 5.65 Å². The van der Waals surface area contributed by atoms with Gasteiger partial charge in [-0.3, -0.25) is 9.20 Å². The Morgan fingerprint density at radius 2 is 2.26 bits per heavy atom. The SMILES string of the molecule is CN1CC[C@@H]2OCCN(C(=O)c3c(Cl)nc4ccccn34)[C@@H]2C1. The Morgan fingerprint density at radius 3 is 3.13 bits per heavy atom. The number of aromatic nitrogens is 2. The van der Waals surface area contributed by atoms with Crippen molar-refractivity contribution >= 4 is 23.2 Å². The summed E-state index contributed by atoms with van der Waals surface area (Å²) in [5.74, 6) is -0.0673. The average Bonchev–Trinajstić information content (AvgIpc) is 2.89. The largest absolute Gasteiger partial charge is 0.374 e. The van der Waals surface area contributed by atoms with Gasteiger partial charge in [-0.05, 0) is 25.6 Å². The number of likely N-dealkylation sites (tertiary alicyclic amines) is 1. The standard InChI is InChI=1S/C16H19ClN4O2/c1-19-7-5-12-11(10-19)20(8-9-23-12)16(22)14-15(17)18-13-4-2-3-6-21(13)14/h2-4,6,11-12H,5,7-10H2,1H3/t11-,12+/m1/s1. The Labute approximate surface area is 139 Å². The van der Waals surface area contributed by atoms with E-state index >= 15 is 0 Å². The molecule has 4 rings (SSSR count). The molecule has 2 atom stereocenters. The van der Waals surface area contributed by atoms with Crippen LogP contribution in [0.1, 0.15) is 16.9 Å². The molecule has 0 aromatic carbocycles. The highest BCUT2D eigenvalue weighted by atomic mass is 35.5. The van der Waals surface area contributed by atoms with E-state index in [0.29, 0.717) is 24.5 Å². The highest BCUT2D eigenvalue weighted by Gasteiger charge is 2.39. The van der Waals surface area contributed by atoms with Crippen LogP contribution in [0, 0.1) is 0 Å². The molecule has 0 saturated carbocycles. The summed E-state index contributed by atoms with van der Waals surface area (Å²) in [5.41, 5.74) is 1.13. The van der Waals surface area contributed by atoms with Crippen LogP contribution in [-0.4, -0.2) is 70.5 Å². The third-order valence-corrected chi connectivity index (χ3v) is 5.00. The number of hydrogen-bond donors (Lipinski definition) is 0. The lowest BCUT2D eigenvalue weighted by Crippen LogP contribution is -2.60. The average molecular weight is 335 g/mol. The van der Waals surface area contributed by atoms with E-state index in [1.165, 1.54) is 0 Å². The van der Waals surface area contributed by atoms with E-state index in [-0.39, 0.29) is 23.2 Å². The first-order valence-corrected chi connectivity index (χ1v) is 8.26. The second-order valence-corrected chi connectivity index (χ2v) is 6.56. The molecule has 2 aliphatic heterocycles. The topological polar surface area (TPSA) is 50.1 Å². The molecule has 0 aliphatic carbocycles. The third-order valence-electron chi connectivity index (χ3n) is 4.74. The van der Waals surface area contributed by atoms with Crippen LogP contribution in [0.2, 0.25) is 5.15 Å². The minimum Gasteiger partial charge on any atom is -0.374 e. The maximum Gasteiger partial charge on any atom is 0.274 e. The Bertz CT molecular complexity index is 747. The van der Waals surface area contributed by atoms with Gasteiger partial charge in [-0.15, -0.1) is 0 Å². The van der Waals surface area contributed by atoms with Gasteiger partial charge in [0, 0.05) is 25.8 Å². The van der Waals surface area contributed by atoms with Crippen molar-refractivity contribution in [2.75, 3.05) is 33.3 Å². The molecule has 6 nitrogen and oxygen atoms in total. The van der Waals surface area contributed by atoms with Crippen molar-refractivity contribution in [3.63, 3.8) is 0 Å². The van der Waals surface area contributed by atoms with Crippen molar-refractivity contribution in [3.8, 4) is 0 Å². The van der Waals surface area contributed by atoms with Gasteiger partial charge >= 0.3 is 0 Å². The van der Waals surface area contributed by atoms with Gasteiger partial charge in [0.05, 0.1) is 18.8 Å². The summed E-state index contributed by atoms with van der Waals surface area (Å²) in [6.07, 6.45) is 2.89. The van der Waals surface area contributed by atoms with E-state index in [2.05, 4.69) is 16.9 Å². The Kier molecular flexibility index (Phi) is 3.75. The van der Waals surface area contributed by atoms with Crippen molar-refractivity contribution in [2.24, 2.45) is 0 Å². The fraction of sp³-hybridized carbons (Fsp3) is 0.500. The monoisotopic (exact) mass is 334 g/mol. The number of fused-ring (bicyclic) bond motifs is 2. The van der Waals surface area contributed by atoms with Crippen LogP contribution < -0.4 is 0 Å². The lowest BCUT2D eigenvalue weighted by Gasteiger charge is -2.46. The predicted molar refractivity (Wildman–Crippen MR) is 86.9 cm³/mol. The van der Waals surface area contributed by atoms with E-state index in [9.17, 15) is 4.79 Å². The zero-order valence-electron chi connectivity index (χ0n) is 13.0. The van der Waals surface area contributed by atoms with Crippen molar-refractivity contribution in [1.82, 2.24) is 19.2 Å². The first kappa shape index (κ1) is 14.9. The summed E-state index contributed by atoms with van der Waals surface area (Å²) in [6, 6.07) is 5.67. The van der Waals surface area contributed by atoms with Crippen molar-refractivity contribution in [3.05, 3.63) is 35.2 Å². The first-order valence-electron chi connectivity index (χ1n) is 7.89. The predicted octanol–water partition coefficient (Wildman–Crippen LogP) is 1.53. The number of likely N-dealkylation sites (N-methyl/N-ethyl adjacent to an activating group) is 1. The van der Waals surface area contributed by atoms with Crippen molar-refractivity contribution in [1.29, 1.82) is 0 Å². The van der Waals surface area contributed by atoms with Crippen molar-refractivity contribution in [2.45, 2.75) is 18.6 Å². The summed E-state index contributed by atoms with van der Waals surface area (Å²) in [4.78, 5) is 21.6. The number of nitrogens with zero attached hydrogens (tertiary/aromatic N) is 4. The second kappa shape index (κ2) is 5.78. The van der Waals surface area contributed by atoms with Crippen molar-refractivity contribution < 1.29 is 9.53 Å². The van der Waals surface area contributed by atoms with Crippen LogP contribution in [0.15, 0.2) is 24.4 Å². The molecule has 2 aromatic rings. The minimum atomic E-state index is -0.0673. The molecule has 23 heavy (non-hydrogen) atoms. The number of piperidine rings is 1. The molecule has 0 bridgehead atoms. The van der Waals surface area contributed by atoms with Crippen LogP contribution in [-0.2, 0) is 4.74 Å². The second-order valence-electron chi connectivity index (χ2n) is 6.21. The summed E-state index contributed by atoms with van der Waals surface area (Å²) in [6.45, 7) is 2.99. The summed E-state index contributed by atoms with van der Waals surface area (Å²) >= 11 is 6.26. The van der Waals surface area contributed by atoms with E-state index in [0.717, 1.165) is 19.5 Å². The van der Waals surface area contributed by atoms with Gasteiger partial charge in [-0.25, -0.2) is 4.98 Å². The smallest absolute Gasteiger partial charge is 0.274 e. The summed E-state index contributed by atoms with van der Waals surface area (Å²) in [7, 11) is 2.08. The number of carbonyl (C=O) groups is 1. The number of pyridine rings is 1. The number of hydrogen-bond acceptors (Lipinski definition) is 4. The fourth-order valence-electron chi connectivity index (χ4n) is 3.58. The Balaban J connectivity index is 1.71. The van der Waals surface area contributed by atoms with Crippen LogP contribution >= 0.6 is 11.6 Å². The van der Waals surface area contributed by atoms with Crippen LogP contribution in [0.25, 0.3) is 5.65 Å². The maximum absolute atomic E-state index is 13.2. The van der Waals surface area contributed by atoms with Gasteiger partial charge < -0.3 is 14.5 Å². The molecule has 0 spiro atoms. The molecular weight excluding hydrogens is 316 g/mol. The van der Waals surface area contributed by atoms with Gasteiger partial charge in [0.25, 0.3) is 5.91 Å². The van der Waals surface area contributed by atoms with Gasteiger partial charge in [0.2, 0.25) is 0 Å². The maximum atomic E-state index is 13.2. The van der Waals surface area contributed by atoms with Gasteiger partial charge in [-0.2, -0.15) is 0 Å². The fourth-order valence-corrected chi connectivity index (χ4v) is 3.84.